The van der Waals surface area contributed by atoms with Crippen LogP contribution in [0.25, 0.3) is 0 Å². The zero-order valence-electron chi connectivity index (χ0n) is 16.6. The number of carbonyl (C=O) groups is 3. The van der Waals surface area contributed by atoms with Crippen LogP contribution in [0.4, 0.5) is 5.69 Å². The maximum atomic E-state index is 12.4. The van der Waals surface area contributed by atoms with Gasteiger partial charge in [-0.25, -0.2) is 17.5 Å². The Bertz CT molecular complexity index is 1060. The van der Waals surface area contributed by atoms with Crippen LogP contribution in [0.15, 0.2) is 47.4 Å². The summed E-state index contributed by atoms with van der Waals surface area (Å²) in [5.74, 6) is -1.55. The van der Waals surface area contributed by atoms with Gasteiger partial charge in [0, 0.05) is 25.3 Å². The van der Waals surface area contributed by atoms with Gasteiger partial charge in [-0.1, -0.05) is 18.2 Å². The molecule has 0 saturated heterocycles. The minimum Gasteiger partial charge on any atom is -0.452 e. The van der Waals surface area contributed by atoms with Crippen molar-refractivity contribution in [2.45, 2.75) is 18.7 Å². The van der Waals surface area contributed by atoms with E-state index in [9.17, 15) is 22.8 Å². The van der Waals surface area contributed by atoms with Gasteiger partial charge in [-0.05, 0) is 43.7 Å². The number of esters is 1. The summed E-state index contributed by atoms with van der Waals surface area (Å²) in [7, 11) is -0.939. The topological polar surface area (TPSA) is 110 Å². The Kier molecular flexibility index (Phi) is 6.89. The molecular weight excluding hydrogens is 396 g/mol. The maximum absolute atomic E-state index is 12.4. The van der Waals surface area contributed by atoms with Crippen molar-refractivity contribution in [1.82, 2.24) is 4.31 Å². The minimum atomic E-state index is -3.71. The number of hydrogen-bond donors (Lipinski definition) is 1. The van der Waals surface area contributed by atoms with Crippen molar-refractivity contribution in [3.05, 3.63) is 59.2 Å². The Morgan fingerprint density at radius 1 is 1.07 bits per heavy atom. The number of anilines is 1. The Balaban J connectivity index is 2.08. The SMILES string of the molecule is CC(=O)c1cccc(NC(=O)COC(=O)c2cc(S(=O)(=O)N(C)C)ccc2C)c1. The van der Waals surface area contributed by atoms with Gasteiger partial charge in [0.2, 0.25) is 10.0 Å². The molecule has 0 atom stereocenters. The smallest absolute Gasteiger partial charge is 0.338 e. The molecule has 1 amide bonds. The van der Waals surface area contributed by atoms with E-state index in [0.29, 0.717) is 16.8 Å². The number of rotatable bonds is 7. The van der Waals surface area contributed by atoms with Crippen LogP contribution in [0.2, 0.25) is 0 Å². The van der Waals surface area contributed by atoms with Gasteiger partial charge in [0.05, 0.1) is 10.5 Å². The molecular formula is C20H22N2O6S. The molecule has 8 nitrogen and oxygen atoms in total. The zero-order valence-corrected chi connectivity index (χ0v) is 17.4. The summed E-state index contributed by atoms with van der Waals surface area (Å²) in [5, 5.41) is 2.54. The molecule has 0 aliphatic rings. The number of aryl methyl sites for hydroxylation is 1. The molecule has 29 heavy (non-hydrogen) atoms. The molecule has 154 valence electrons. The standard InChI is InChI=1S/C20H22N2O6S/c1-13-8-9-17(29(26,27)22(3)4)11-18(13)20(25)28-12-19(24)21-16-7-5-6-15(10-16)14(2)23/h5-11H,12H2,1-4H3,(H,21,24). The van der Waals surface area contributed by atoms with E-state index in [1.165, 1.54) is 45.3 Å². The average molecular weight is 418 g/mol. The number of ketones is 1. The Morgan fingerprint density at radius 2 is 1.76 bits per heavy atom. The van der Waals surface area contributed by atoms with E-state index in [1.54, 1.807) is 25.1 Å². The highest BCUT2D eigenvalue weighted by atomic mass is 32.2. The van der Waals surface area contributed by atoms with E-state index >= 15 is 0 Å². The van der Waals surface area contributed by atoms with Gasteiger partial charge < -0.3 is 10.1 Å². The lowest BCUT2D eigenvalue weighted by atomic mass is 10.1. The summed E-state index contributed by atoms with van der Waals surface area (Å²) in [6, 6.07) is 10.5. The maximum Gasteiger partial charge on any atom is 0.338 e. The molecule has 2 aromatic rings. The molecule has 2 aromatic carbocycles. The van der Waals surface area contributed by atoms with E-state index < -0.39 is 28.5 Å². The fraction of sp³-hybridized carbons (Fsp3) is 0.250. The van der Waals surface area contributed by atoms with Crippen molar-refractivity contribution in [3.63, 3.8) is 0 Å². The largest absolute Gasteiger partial charge is 0.452 e. The van der Waals surface area contributed by atoms with Crippen molar-refractivity contribution in [1.29, 1.82) is 0 Å². The van der Waals surface area contributed by atoms with Crippen molar-refractivity contribution < 1.29 is 27.5 Å². The lowest BCUT2D eigenvalue weighted by Gasteiger charge is -2.13. The van der Waals surface area contributed by atoms with Crippen LogP contribution in [0.1, 0.15) is 33.2 Å². The molecule has 0 heterocycles. The number of nitrogens with one attached hydrogen (secondary N) is 1. The van der Waals surface area contributed by atoms with Crippen molar-refractivity contribution in [2.24, 2.45) is 0 Å². The van der Waals surface area contributed by atoms with Gasteiger partial charge in [-0.3, -0.25) is 9.59 Å². The molecule has 0 aromatic heterocycles. The number of carbonyl (C=O) groups excluding carboxylic acids is 3. The third-order valence-corrected chi connectivity index (χ3v) is 5.91. The number of Topliss-reactive ketones (excluding diaryl/α,β-unsaturated/α-hetero) is 1. The highest BCUT2D eigenvalue weighted by Crippen LogP contribution is 2.19. The third kappa shape index (κ3) is 5.49. The molecule has 1 N–H and O–H groups in total. The Morgan fingerprint density at radius 3 is 2.38 bits per heavy atom. The molecule has 9 heteroatoms. The molecule has 0 fully saturated rings. The van der Waals surface area contributed by atoms with Crippen LogP contribution in [0, 0.1) is 6.92 Å². The number of hydrogen-bond acceptors (Lipinski definition) is 6. The average Bonchev–Trinajstić information content (AvgIpc) is 2.66. The fourth-order valence-corrected chi connectivity index (χ4v) is 3.34. The van der Waals surface area contributed by atoms with Crippen molar-refractivity contribution in [2.75, 3.05) is 26.0 Å². The molecule has 0 radical (unpaired) electrons. The van der Waals surface area contributed by atoms with Gasteiger partial charge in [0.1, 0.15) is 0 Å². The highest BCUT2D eigenvalue weighted by Gasteiger charge is 2.21. The molecule has 0 spiro atoms. The number of sulfonamides is 1. The first-order chi connectivity index (χ1) is 13.5. The summed E-state index contributed by atoms with van der Waals surface area (Å²) in [6.45, 7) is 2.48. The molecule has 2 rings (SSSR count). The first-order valence-electron chi connectivity index (χ1n) is 8.63. The lowest BCUT2D eigenvalue weighted by molar-refractivity contribution is -0.119. The first-order valence-corrected chi connectivity index (χ1v) is 10.1. The van der Waals surface area contributed by atoms with Crippen molar-refractivity contribution >= 4 is 33.4 Å². The second kappa shape index (κ2) is 8.97. The number of nitrogens with zero attached hydrogens (tertiary/aromatic N) is 1. The van der Waals surface area contributed by atoms with Crippen LogP contribution in [-0.4, -0.2) is 51.1 Å². The van der Waals surface area contributed by atoms with E-state index in [1.807, 2.05) is 0 Å². The molecule has 0 unspecified atom stereocenters. The predicted octanol–water partition coefficient (Wildman–Crippen LogP) is 2.24. The summed E-state index contributed by atoms with van der Waals surface area (Å²) in [4.78, 5) is 35.8. The van der Waals surface area contributed by atoms with Crippen LogP contribution >= 0.6 is 0 Å². The second-order valence-electron chi connectivity index (χ2n) is 6.53. The molecule has 0 aliphatic heterocycles. The number of ether oxygens (including phenoxy) is 1. The van der Waals surface area contributed by atoms with Gasteiger partial charge in [0.15, 0.2) is 12.4 Å². The summed E-state index contributed by atoms with van der Waals surface area (Å²) in [6.07, 6.45) is 0. The zero-order chi connectivity index (χ0) is 21.8. The molecule has 0 aliphatic carbocycles. The van der Waals surface area contributed by atoms with Crippen LogP contribution < -0.4 is 5.32 Å². The summed E-state index contributed by atoms with van der Waals surface area (Å²) >= 11 is 0. The van der Waals surface area contributed by atoms with Gasteiger partial charge in [0.25, 0.3) is 5.91 Å². The van der Waals surface area contributed by atoms with E-state index in [0.717, 1.165) is 4.31 Å². The number of benzene rings is 2. The second-order valence-corrected chi connectivity index (χ2v) is 8.68. The normalized spacial score (nSPS) is 11.2. The van der Waals surface area contributed by atoms with Crippen LogP contribution in [0.3, 0.4) is 0 Å². The summed E-state index contributed by atoms with van der Waals surface area (Å²) < 4.78 is 30.6. The van der Waals surface area contributed by atoms with E-state index in [2.05, 4.69) is 5.32 Å². The monoisotopic (exact) mass is 418 g/mol. The van der Waals surface area contributed by atoms with Gasteiger partial charge >= 0.3 is 5.97 Å². The Hall–Kier alpha value is -3.04. The minimum absolute atomic E-state index is 0.0504. The third-order valence-electron chi connectivity index (χ3n) is 4.09. The van der Waals surface area contributed by atoms with Gasteiger partial charge in [-0.15, -0.1) is 0 Å². The highest BCUT2D eigenvalue weighted by molar-refractivity contribution is 7.89. The van der Waals surface area contributed by atoms with Crippen LogP contribution in [-0.2, 0) is 19.6 Å². The van der Waals surface area contributed by atoms with Gasteiger partial charge in [-0.2, -0.15) is 0 Å². The first kappa shape index (κ1) is 22.3. The lowest BCUT2D eigenvalue weighted by Crippen LogP contribution is -2.23. The summed E-state index contributed by atoms with van der Waals surface area (Å²) in [5.41, 5.74) is 1.41. The van der Waals surface area contributed by atoms with Crippen molar-refractivity contribution in [3.8, 4) is 0 Å². The quantitative estimate of drug-likeness (QED) is 0.545. The van der Waals surface area contributed by atoms with E-state index in [4.69, 9.17) is 4.74 Å². The molecule has 0 bridgehead atoms. The predicted molar refractivity (Wildman–Crippen MR) is 107 cm³/mol. The van der Waals surface area contributed by atoms with E-state index in [-0.39, 0.29) is 16.2 Å². The van der Waals surface area contributed by atoms with Crippen LogP contribution in [0.5, 0.6) is 0 Å². The number of amides is 1. The molecule has 0 saturated carbocycles. The Labute approximate surface area is 169 Å². The fourth-order valence-electron chi connectivity index (χ4n) is 2.41.